The van der Waals surface area contributed by atoms with Gasteiger partial charge in [-0.2, -0.15) is 0 Å². The zero-order chi connectivity index (χ0) is 9.76. The molecule has 0 unspecified atom stereocenters. The maximum Gasteiger partial charge on any atom is 0.137 e. The predicted octanol–water partition coefficient (Wildman–Crippen LogP) is 3.49. The summed E-state index contributed by atoms with van der Waals surface area (Å²) in [4.78, 5) is 0. The van der Waals surface area contributed by atoms with Crippen molar-refractivity contribution >= 4 is 11.6 Å². The lowest BCUT2D eigenvalue weighted by molar-refractivity contribution is 0.451. The van der Waals surface area contributed by atoms with Crippen LogP contribution in [0.1, 0.15) is 31.2 Å². The lowest BCUT2D eigenvalue weighted by Crippen LogP contribution is -2.09. The van der Waals surface area contributed by atoms with Crippen molar-refractivity contribution < 1.29 is 5.11 Å². The van der Waals surface area contributed by atoms with E-state index in [2.05, 4.69) is 0 Å². The summed E-state index contributed by atoms with van der Waals surface area (Å²) in [6.45, 7) is 0. The Labute approximate surface area is 88.7 Å². The Morgan fingerprint density at radius 1 is 1.29 bits per heavy atom. The molecule has 0 atom stereocenters. The fraction of sp³-hybridized carbons (Fsp3) is 0.500. The average Bonchev–Trinajstić information content (AvgIpc) is 3.03. The van der Waals surface area contributed by atoms with E-state index >= 15 is 0 Å². The van der Waals surface area contributed by atoms with E-state index in [1.807, 2.05) is 12.1 Å². The maximum atomic E-state index is 9.92. The minimum absolute atomic E-state index is 0.301. The van der Waals surface area contributed by atoms with Crippen LogP contribution in [0.25, 0.3) is 0 Å². The van der Waals surface area contributed by atoms with E-state index in [0.717, 1.165) is 11.5 Å². The van der Waals surface area contributed by atoms with Gasteiger partial charge in [0.1, 0.15) is 5.75 Å². The third-order valence-electron chi connectivity index (χ3n) is 3.67. The molecule has 0 spiro atoms. The first kappa shape index (κ1) is 8.60. The van der Waals surface area contributed by atoms with E-state index in [1.54, 1.807) is 6.07 Å². The number of hydrogen-bond donors (Lipinski definition) is 1. The molecule has 1 aromatic rings. The van der Waals surface area contributed by atoms with Crippen molar-refractivity contribution in [3.63, 3.8) is 0 Å². The van der Waals surface area contributed by atoms with Crippen LogP contribution in [0.4, 0.5) is 0 Å². The number of hydrogen-bond acceptors (Lipinski definition) is 1. The minimum atomic E-state index is 0.301. The fourth-order valence-electron chi connectivity index (χ4n) is 2.59. The first-order chi connectivity index (χ1) is 6.74. The number of phenolic OH excluding ortho intramolecular Hbond substituents is 1. The molecular formula is C12H13ClO. The van der Waals surface area contributed by atoms with Gasteiger partial charge in [0, 0.05) is 11.0 Å². The van der Waals surface area contributed by atoms with Crippen LogP contribution < -0.4 is 0 Å². The van der Waals surface area contributed by atoms with E-state index in [-0.39, 0.29) is 0 Å². The standard InChI is InChI=1S/C12H13ClO/c13-10-3-1-2-9(11(10)14)12(6-7-12)8-4-5-8/h1-3,8,14H,4-7H2. The minimum Gasteiger partial charge on any atom is -0.506 e. The number of rotatable bonds is 2. The second kappa shape index (κ2) is 2.66. The lowest BCUT2D eigenvalue weighted by Gasteiger charge is -2.16. The highest BCUT2D eigenvalue weighted by atomic mass is 35.5. The Kier molecular flexibility index (Phi) is 1.64. The van der Waals surface area contributed by atoms with E-state index in [4.69, 9.17) is 11.6 Å². The molecule has 0 amide bonds. The van der Waals surface area contributed by atoms with Crippen LogP contribution in [-0.4, -0.2) is 5.11 Å². The molecule has 1 aromatic carbocycles. The molecule has 2 heteroatoms. The molecule has 0 radical (unpaired) electrons. The van der Waals surface area contributed by atoms with Gasteiger partial charge in [-0.1, -0.05) is 23.7 Å². The molecule has 14 heavy (non-hydrogen) atoms. The first-order valence-electron chi connectivity index (χ1n) is 5.22. The zero-order valence-corrected chi connectivity index (χ0v) is 8.72. The lowest BCUT2D eigenvalue weighted by atomic mass is 9.90. The molecule has 3 rings (SSSR count). The summed E-state index contributed by atoms with van der Waals surface area (Å²) in [6.07, 6.45) is 5.11. The van der Waals surface area contributed by atoms with Gasteiger partial charge in [0.05, 0.1) is 5.02 Å². The summed E-state index contributed by atoms with van der Waals surface area (Å²) in [7, 11) is 0. The summed E-state index contributed by atoms with van der Waals surface area (Å²) >= 11 is 5.92. The molecule has 1 nitrogen and oxygen atoms in total. The van der Waals surface area contributed by atoms with E-state index < -0.39 is 0 Å². The molecular weight excluding hydrogens is 196 g/mol. The van der Waals surface area contributed by atoms with Gasteiger partial charge >= 0.3 is 0 Å². The van der Waals surface area contributed by atoms with Crippen molar-refractivity contribution in [1.82, 2.24) is 0 Å². The molecule has 2 aliphatic carbocycles. The highest BCUT2D eigenvalue weighted by Gasteiger charge is 2.55. The number of phenols is 1. The molecule has 0 bridgehead atoms. The molecule has 2 fully saturated rings. The molecule has 0 saturated heterocycles. The Morgan fingerprint density at radius 2 is 2.00 bits per heavy atom. The van der Waals surface area contributed by atoms with Gasteiger partial charge in [-0.05, 0) is 37.7 Å². The number of benzene rings is 1. The number of halogens is 1. The Hall–Kier alpha value is -0.690. The zero-order valence-electron chi connectivity index (χ0n) is 7.96. The van der Waals surface area contributed by atoms with Gasteiger partial charge < -0.3 is 5.11 Å². The van der Waals surface area contributed by atoms with E-state index in [1.165, 1.54) is 25.7 Å². The molecule has 74 valence electrons. The van der Waals surface area contributed by atoms with Crippen molar-refractivity contribution in [2.75, 3.05) is 0 Å². The molecule has 0 heterocycles. The average molecular weight is 209 g/mol. The summed E-state index contributed by atoms with van der Waals surface area (Å²) in [5.41, 5.74) is 1.39. The molecule has 2 aliphatic rings. The first-order valence-corrected chi connectivity index (χ1v) is 5.60. The summed E-state index contributed by atoms with van der Waals surface area (Å²) in [6, 6.07) is 5.73. The molecule has 0 aromatic heterocycles. The predicted molar refractivity (Wildman–Crippen MR) is 56.8 cm³/mol. The second-order valence-electron chi connectivity index (χ2n) is 4.57. The van der Waals surface area contributed by atoms with Crippen LogP contribution in [-0.2, 0) is 5.41 Å². The van der Waals surface area contributed by atoms with Crippen LogP contribution in [0.3, 0.4) is 0 Å². The maximum absolute atomic E-state index is 9.92. The van der Waals surface area contributed by atoms with Gasteiger partial charge in [0.2, 0.25) is 0 Å². The van der Waals surface area contributed by atoms with Crippen molar-refractivity contribution in [2.24, 2.45) is 5.92 Å². The monoisotopic (exact) mass is 208 g/mol. The Balaban J connectivity index is 2.07. The van der Waals surface area contributed by atoms with Gasteiger partial charge in [0.15, 0.2) is 0 Å². The molecule has 1 N–H and O–H groups in total. The van der Waals surface area contributed by atoms with Crippen LogP contribution in [0.5, 0.6) is 5.75 Å². The Morgan fingerprint density at radius 3 is 2.57 bits per heavy atom. The van der Waals surface area contributed by atoms with Crippen molar-refractivity contribution in [3.8, 4) is 5.75 Å². The SMILES string of the molecule is Oc1c(Cl)cccc1C1(C2CC2)CC1. The third kappa shape index (κ3) is 1.08. The third-order valence-corrected chi connectivity index (χ3v) is 3.98. The van der Waals surface area contributed by atoms with Crippen LogP contribution in [0.2, 0.25) is 5.02 Å². The highest BCUT2D eigenvalue weighted by Crippen LogP contribution is 2.64. The van der Waals surface area contributed by atoms with Gasteiger partial charge in [-0.3, -0.25) is 0 Å². The van der Waals surface area contributed by atoms with Crippen molar-refractivity contribution in [2.45, 2.75) is 31.1 Å². The summed E-state index contributed by atoms with van der Waals surface area (Å²) < 4.78 is 0. The second-order valence-corrected chi connectivity index (χ2v) is 4.97. The molecule has 0 aliphatic heterocycles. The van der Waals surface area contributed by atoms with E-state index in [9.17, 15) is 5.11 Å². The normalized spacial score (nSPS) is 23.5. The quantitative estimate of drug-likeness (QED) is 0.789. The van der Waals surface area contributed by atoms with Gasteiger partial charge in [0.25, 0.3) is 0 Å². The Bertz CT molecular complexity index is 378. The fourth-order valence-corrected chi connectivity index (χ4v) is 2.76. The molecule has 2 saturated carbocycles. The number of para-hydroxylation sites is 1. The van der Waals surface area contributed by atoms with Crippen LogP contribution in [0, 0.1) is 5.92 Å². The topological polar surface area (TPSA) is 20.2 Å². The highest BCUT2D eigenvalue weighted by molar-refractivity contribution is 6.32. The van der Waals surface area contributed by atoms with Gasteiger partial charge in [-0.15, -0.1) is 0 Å². The van der Waals surface area contributed by atoms with E-state index in [0.29, 0.717) is 16.2 Å². The smallest absolute Gasteiger partial charge is 0.137 e. The van der Waals surface area contributed by atoms with Gasteiger partial charge in [-0.25, -0.2) is 0 Å². The summed E-state index contributed by atoms with van der Waals surface area (Å²) in [5, 5.41) is 10.4. The number of aromatic hydroxyl groups is 1. The van der Waals surface area contributed by atoms with Crippen LogP contribution in [0.15, 0.2) is 18.2 Å². The van der Waals surface area contributed by atoms with Crippen molar-refractivity contribution in [3.05, 3.63) is 28.8 Å². The largest absolute Gasteiger partial charge is 0.506 e. The van der Waals surface area contributed by atoms with Crippen molar-refractivity contribution in [1.29, 1.82) is 0 Å². The van der Waals surface area contributed by atoms with Crippen LogP contribution >= 0.6 is 11.6 Å². The summed E-state index contributed by atoms with van der Waals surface area (Å²) in [5.74, 6) is 1.13.